The quantitative estimate of drug-likeness (QED) is 0.657. The molecule has 0 atom stereocenters. The standard InChI is InChI=1S/C13H11BrN2O5/c1-21-12-3-2-8(4-10(12)14)6-15-7-9(16(19)20)5-11(15)13(17)18/h2-5,7H,6H2,1H3,(H,17,18). The van der Waals surface area contributed by atoms with Gasteiger partial charge in [-0.1, -0.05) is 6.07 Å². The Morgan fingerprint density at radius 2 is 2.19 bits per heavy atom. The molecule has 8 heteroatoms. The third-order valence-corrected chi connectivity index (χ3v) is 3.50. The molecule has 0 amide bonds. The second kappa shape index (κ2) is 5.96. The number of rotatable bonds is 5. The molecule has 0 bridgehead atoms. The molecule has 7 nitrogen and oxygen atoms in total. The number of hydrogen-bond donors (Lipinski definition) is 1. The Bertz CT molecular complexity index is 711. The van der Waals surface area contributed by atoms with Crippen molar-refractivity contribution in [3.8, 4) is 5.75 Å². The average Bonchev–Trinajstić information content (AvgIpc) is 2.83. The van der Waals surface area contributed by atoms with E-state index >= 15 is 0 Å². The van der Waals surface area contributed by atoms with Gasteiger partial charge >= 0.3 is 5.97 Å². The van der Waals surface area contributed by atoms with Crippen LogP contribution in [0.4, 0.5) is 5.69 Å². The summed E-state index contributed by atoms with van der Waals surface area (Å²) in [6.45, 7) is 0.206. The molecule has 2 aromatic rings. The molecule has 0 saturated carbocycles. The molecule has 1 aromatic carbocycles. The van der Waals surface area contributed by atoms with Gasteiger partial charge in [0.1, 0.15) is 11.4 Å². The fraction of sp³-hybridized carbons (Fsp3) is 0.154. The molecular formula is C13H11BrN2O5. The first kappa shape index (κ1) is 15.0. The van der Waals surface area contributed by atoms with Crippen molar-refractivity contribution in [2.45, 2.75) is 6.54 Å². The van der Waals surface area contributed by atoms with E-state index in [9.17, 15) is 14.9 Å². The Labute approximate surface area is 128 Å². The zero-order chi connectivity index (χ0) is 15.6. The van der Waals surface area contributed by atoms with Gasteiger partial charge < -0.3 is 14.4 Å². The second-order valence-corrected chi connectivity index (χ2v) is 5.10. The van der Waals surface area contributed by atoms with Crippen LogP contribution >= 0.6 is 15.9 Å². The van der Waals surface area contributed by atoms with Crippen LogP contribution in [0.2, 0.25) is 0 Å². The summed E-state index contributed by atoms with van der Waals surface area (Å²) in [7, 11) is 1.54. The number of nitrogens with zero attached hydrogens (tertiary/aromatic N) is 2. The van der Waals surface area contributed by atoms with Crippen LogP contribution in [0, 0.1) is 10.1 Å². The van der Waals surface area contributed by atoms with E-state index in [-0.39, 0.29) is 17.9 Å². The van der Waals surface area contributed by atoms with E-state index < -0.39 is 10.9 Å². The third-order valence-electron chi connectivity index (χ3n) is 2.88. The number of aromatic carboxylic acids is 1. The molecule has 110 valence electrons. The first-order valence-electron chi connectivity index (χ1n) is 5.82. The van der Waals surface area contributed by atoms with E-state index in [1.807, 2.05) is 0 Å². The number of nitro groups is 1. The van der Waals surface area contributed by atoms with Gasteiger partial charge in [-0.2, -0.15) is 0 Å². The molecule has 1 heterocycles. The van der Waals surface area contributed by atoms with Crippen molar-refractivity contribution in [3.63, 3.8) is 0 Å². The Morgan fingerprint density at radius 3 is 2.71 bits per heavy atom. The van der Waals surface area contributed by atoms with E-state index in [4.69, 9.17) is 9.84 Å². The lowest BCUT2D eigenvalue weighted by Crippen LogP contribution is -2.08. The van der Waals surface area contributed by atoms with Gasteiger partial charge in [0, 0.05) is 12.6 Å². The van der Waals surface area contributed by atoms with Crippen molar-refractivity contribution in [1.29, 1.82) is 0 Å². The molecule has 0 unspecified atom stereocenters. The monoisotopic (exact) mass is 354 g/mol. The summed E-state index contributed by atoms with van der Waals surface area (Å²) in [5.41, 5.74) is 0.407. The van der Waals surface area contributed by atoms with Crippen LogP contribution in [-0.4, -0.2) is 27.7 Å². The Kier molecular flexibility index (Phi) is 4.27. The normalized spacial score (nSPS) is 10.4. The molecule has 0 radical (unpaired) electrons. The summed E-state index contributed by atoms with van der Waals surface area (Å²) >= 11 is 3.34. The van der Waals surface area contributed by atoms with Gasteiger partial charge in [-0.05, 0) is 33.6 Å². The van der Waals surface area contributed by atoms with Crippen molar-refractivity contribution in [2.24, 2.45) is 0 Å². The van der Waals surface area contributed by atoms with Crippen LogP contribution in [-0.2, 0) is 6.54 Å². The third kappa shape index (κ3) is 3.22. The molecule has 1 aromatic heterocycles. The molecule has 0 aliphatic carbocycles. The number of benzene rings is 1. The Balaban J connectivity index is 2.36. The topological polar surface area (TPSA) is 94.6 Å². The van der Waals surface area contributed by atoms with Gasteiger partial charge in [-0.25, -0.2) is 4.79 Å². The maximum absolute atomic E-state index is 11.1. The lowest BCUT2D eigenvalue weighted by atomic mass is 10.2. The van der Waals surface area contributed by atoms with Crippen LogP contribution in [0.3, 0.4) is 0 Å². The summed E-state index contributed by atoms with van der Waals surface area (Å²) in [5, 5.41) is 19.9. The molecular weight excluding hydrogens is 344 g/mol. The highest BCUT2D eigenvalue weighted by Crippen LogP contribution is 2.26. The van der Waals surface area contributed by atoms with Gasteiger partial charge in [-0.15, -0.1) is 0 Å². The lowest BCUT2D eigenvalue weighted by Gasteiger charge is -2.08. The summed E-state index contributed by atoms with van der Waals surface area (Å²) in [5.74, 6) is -0.564. The van der Waals surface area contributed by atoms with E-state index in [1.165, 1.54) is 17.9 Å². The van der Waals surface area contributed by atoms with E-state index in [1.54, 1.807) is 18.2 Å². The Morgan fingerprint density at radius 1 is 1.48 bits per heavy atom. The number of carbonyl (C=O) groups is 1. The van der Waals surface area contributed by atoms with E-state index in [0.717, 1.165) is 16.1 Å². The fourth-order valence-electron chi connectivity index (χ4n) is 1.91. The van der Waals surface area contributed by atoms with Crippen molar-refractivity contribution in [1.82, 2.24) is 4.57 Å². The van der Waals surface area contributed by atoms with Crippen molar-refractivity contribution >= 4 is 27.6 Å². The predicted octanol–water partition coefficient (Wildman–Crippen LogP) is 2.91. The fourth-order valence-corrected chi connectivity index (χ4v) is 2.50. The smallest absolute Gasteiger partial charge is 0.352 e. The highest BCUT2D eigenvalue weighted by Gasteiger charge is 2.19. The number of hydrogen-bond acceptors (Lipinski definition) is 4. The van der Waals surface area contributed by atoms with Crippen molar-refractivity contribution in [2.75, 3.05) is 7.11 Å². The second-order valence-electron chi connectivity index (χ2n) is 4.24. The summed E-state index contributed by atoms with van der Waals surface area (Å²) in [4.78, 5) is 21.3. The minimum Gasteiger partial charge on any atom is -0.496 e. The van der Waals surface area contributed by atoms with Crippen LogP contribution in [0.5, 0.6) is 5.75 Å². The van der Waals surface area contributed by atoms with Crippen molar-refractivity contribution < 1.29 is 19.6 Å². The van der Waals surface area contributed by atoms with Gasteiger partial charge in [-0.3, -0.25) is 10.1 Å². The average molecular weight is 355 g/mol. The molecule has 21 heavy (non-hydrogen) atoms. The summed E-state index contributed by atoms with van der Waals surface area (Å²) in [6, 6.07) is 6.32. The summed E-state index contributed by atoms with van der Waals surface area (Å²) in [6.07, 6.45) is 1.21. The van der Waals surface area contributed by atoms with Gasteiger partial charge in [0.2, 0.25) is 0 Å². The number of carboxylic acids is 1. The first-order valence-corrected chi connectivity index (χ1v) is 6.62. The van der Waals surface area contributed by atoms with Crippen LogP contribution in [0.15, 0.2) is 34.9 Å². The SMILES string of the molecule is COc1ccc(Cn2cc([N+](=O)[O-])cc2C(=O)O)cc1Br. The molecule has 0 saturated heterocycles. The molecule has 0 fully saturated rings. The van der Waals surface area contributed by atoms with Gasteiger partial charge in [0.15, 0.2) is 0 Å². The van der Waals surface area contributed by atoms with Gasteiger partial charge in [0.05, 0.1) is 22.7 Å². The largest absolute Gasteiger partial charge is 0.496 e. The number of methoxy groups -OCH3 is 1. The zero-order valence-electron chi connectivity index (χ0n) is 10.9. The highest BCUT2D eigenvalue weighted by atomic mass is 79.9. The maximum atomic E-state index is 11.1. The van der Waals surface area contributed by atoms with Crippen LogP contribution < -0.4 is 4.74 Å². The molecule has 0 aliphatic heterocycles. The molecule has 0 spiro atoms. The van der Waals surface area contributed by atoms with Gasteiger partial charge in [0.25, 0.3) is 5.69 Å². The maximum Gasteiger partial charge on any atom is 0.352 e. The predicted molar refractivity (Wildman–Crippen MR) is 77.8 cm³/mol. The van der Waals surface area contributed by atoms with Crippen LogP contribution in [0.25, 0.3) is 0 Å². The van der Waals surface area contributed by atoms with Crippen LogP contribution in [0.1, 0.15) is 16.1 Å². The lowest BCUT2D eigenvalue weighted by molar-refractivity contribution is -0.384. The number of aromatic nitrogens is 1. The molecule has 2 rings (SSSR count). The minimum absolute atomic E-state index is 0.131. The van der Waals surface area contributed by atoms with E-state index in [0.29, 0.717) is 5.75 Å². The highest BCUT2D eigenvalue weighted by molar-refractivity contribution is 9.10. The molecule has 1 N–H and O–H groups in total. The zero-order valence-corrected chi connectivity index (χ0v) is 12.5. The molecule has 0 aliphatic rings. The minimum atomic E-state index is -1.21. The summed E-state index contributed by atoms with van der Waals surface area (Å²) < 4.78 is 7.16. The van der Waals surface area contributed by atoms with Crippen molar-refractivity contribution in [3.05, 3.63) is 56.3 Å². The Hall–Kier alpha value is -2.35. The number of carboxylic acid groups (broad SMARTS) is 1. The number of ether oxygens (including phenoxy) is 1. The number of halogens is 1. The van der Waals surface area contributed by atoms with E-state index in [2.05, 4.69) is 15.9 Å². The first-order chi connectivity index (χ1) is 9.92.